The van der Waals surface area contributed by atoms with Crippen molar-refractivity contribution in [3.05, 3.63) is 101 Å². The smallest absolute Gasteiger partial charge is 0.255 e. The van der Waals surface area contributed by atoms with Crippen molar-refractivity contribution in [2.45, 2.75) is 26.8 Å². The van der Waals surface area contributed by atoms with Crippen LogP contribution in [0.3, 0.4) is 0 Å². The molecule has 1 aliphatic heterocycles. The maximum Gasteiger partial charge on any atom is 0.255 e. The minimum absolute atomic E-state index is 0.116. The first-order chi connectivity index (χ1) is 15.0. The van der Waals surface area contributed by atoms with E-state index < -0.39 is 0 Å². The SMILES string of the molecule is CC1=C(C(=O)Nc2ccc(C)cc2C)[C@H](c2ccccc2)n2c(nc3ccccc32)N1. The van der Waals surface area contributed by atoms with Crippen LogP contribution < -0.4 is 10.6 Å². The van der Waals surface area contributed by atoms with E-state index in [9.17, 15) is 4.79 Å². The van der Waals surface area contributed by atoms with Crippen molar-refractivity contribution in [1.29, 1.82) is 0 Å². The topological polar surface area (TPSA) is 59.0 Å². The van der Waals surface area contributed by atoms with Crippen LogP contribution in [0.5, 0.6) is 0 Å². The van der Waals surface area contributed by atoms with Gasteiger partial charge in [0.25, 0.3) is 5.91 Å². The molecule has 0 fully saturated rings. The lowest BCUT2D eigenvalue weighted by molar-refractivity contribution is -0.113. The van der Waals surface area contributed by atoms with Crippen molar-refractivity contribution in [2.24, 2.45) is 0 Å². The highest BCUT2D eigenvalue weighted by Gasteiger charge is 2.34. The number of hydrogen-bond acceptors (Lipinski definition) is 3. The molecule has 31 heavy (non-hydrogen) atoms. The quantitative estimate of drug-likeness (QED) is 0.465. The van der Waals surface area contributed by atoms with Gasteiger partial charge >= 0.3 is 0 Å². The van der Waals surface area contributed by atoms with Gasteiger partial charge in [-0.3, -0.25) is 9.36 Å². The average Bonchev–Trinajstić information content (AvgIpc) is 3.13. The van der Waals surface area contributed by atoms with Gasteiger partial charge in [-0.15, -0.1) is 0 Å². The Morgan fingerprint density at radius 3 is 2.48 bits per heavy atom. The summed E-state index contributed by atoms with van der Waals surface area (Å²) in [6.07, 6.45) is 0. The van der Waals surface area contributed by atoms with Crippen molar-refractivity contribution >= 4 is 28.6 Å². The van der Waals surface area contributed by atoms with E-state index >= 15 is 0 Å². The number of aryl methyl sites for hydroxylation is 2. The molecule has 0 unspecified atom stereocenters. The first kappa shape index (κ1) is 19.1. The summed E-state index contributed by atoms with van der Waals surface area (Å²) in [5.41, 5.74) is 7.45. The Hall–Kier alpha value is -3.86. The summed E-state index contributed by atoms with van der Waals surface area (Å²) in [5, 5.41) is 6.50. The molecule has 1 amide bonds. The van der Waals surface area contributed by atoms with Crippen LogP contribution in [0.25, 0.3) is 11.0 Å². The standard InChI is InChI=1S/C26H24N4O/c1-16-13-14-20(17(2)15-16)28-25(31)23-18(3)27-26-29-21-11-7-8-12-22(21)30(26)24(23)19-9-5-4-6-10-19/h4-15,24H,1-3H3,(H,27,29)(H,28,31)/t24-/m0/s1. The Morgan fingerprint density at radius 1 is 0.968 bits per heavy atom. The maximum atomic E-state index is 13.6. The molecule has 154 valence electrons. The van der Waals surface area contributed by atoms with Crippen LogP contribution >= 0.6 is 0 Å². The van der Waals surface area contributed by atoms with Crippen LogP contribution in [-0.2, 0) is 4.79 Å². The third-order valence-electron chi connectivity index (χ3n) is 5.82. The van der Waals surface area contributed by atoms with E-state index in [1.165, 1.54) is 5.56 Å². The zero-order valence-electron chi connectivity index (χ0n) is 17.8. The predicted octanol–water partition coefficient (Wildman–Crippen LogP) is 5.58. The van der Waals surface area contributed by atoms with Gasteiger partial charge in [0.2, 0.25) is 5.95 Å². The molecular weight excluding hydrogens is 384 g/mol. The van der Waals surface area contributed by atoms with Gasteiger partial charge in [-0.25, -0.2) is 4.98 Å². The van der Waals surface area contributed by atoms with Gasteiger partial charge in [-0.1, -0.05) is 60.2 Å². The van der Waals surface area contributed by atoms with E-state index in [1.54, 1.807) is 0 Å². The van der Waals surface area contributed by atoms with Gasteiger partial charge < -0.3 is 10.6 Å². The van der Waals surface area contributed by atoms with Gasteiger partial charge in [-0.05, 0) is 50.1 Å². The van der Waals surface area contributed by atoms with Crippen molar-refractivity contribution in [1.82, 2.24) is 9.55 Å². The molecule has 5 nitrogen and oxygen atoms in total. The number of imidazole rings is 1. The van der Waals surface area contributed by atoms with E-state index in [4.69, 9.17) is 4.98 Å². The molecule has 1 aromatic heterocycles. The number of nitrogens with zero attached hydrogens (tertiary/aromatic N) is 2. The van der Waals surface area contributed by atoms with Gasteiger partial charge in [0.15, 0.2) is 0 Å². The number of carbonyl (C=O) groups excluding carboxylic acids is 1. The lowest BCUT2D eigenvalue weighted by atomic mass is 9.94. The highest BCUT2D eigenvalue weighted by atomic mass is 16.1. The number of hydrogen-bond donors (Lipinski definition) is 2. The fourth-order valence-corrected chi connectivity index (χ4v) is 4.35. The monoisotopic (exact) mass is 408 g/mol. The Morgan fingerprint density at radius 2 is 1.71 bits per heavy atom. The van der Waals surface area contributed by atoms with Crippen molar-refractivity contribution in [2.75, 3.05) is 10.6 Å². The number of carbonyl (C=O) groups is 1. The van der Waals surface area contributed by atoms with Crippen LogP contribution in [0.15, 0.2) is 84.1 Å². The summed E-state index contributed by atoms with van der Waals surface area (Å²) in [7, 11) is 0. The molecule has 0 spiro atoms. The minimum Gasteiger partial charge on any atom is -0.329 e. The second kappa shape index (κ2) is 7.43. The molecule has 4 aromatic rings. The zero-order chi connectivity index (χ0) is 21.5. The fourth-order valence-electron chi connectivity index (χ4n) is 4.35. The summed E-state index contributed by atoms with van der Waals surface area (Å²) in [5.74, 6) is 0.629. The van der Waals surface area contributed by atoms with Gasteiger partial charge in [0.05, 0.1) is 22.6 Å². The Labute approximate surface area is 181 Å². The normalized spacial score (nSPS) is 15.5. The summed E-state index contributed by atoms with van der Waals surface area (Å²) in [6.45, 7) is 6.00. The molecule has 3 aromatic carbocycles. The van der Waals surface area contributed by atoms with E-state index in [-0.39, 0.29) is 11.9 Å². The minimum atomic E-state index is -0.282. The van der Waals surface area contributed by atoms with Crippen molar-refractivity contribution in [3.8, 4) is 0 Å². The molecule has 0 radical (unpaired) electrons. The Bertz CT molecular complexity index is 1330. The first-order valence-corrected chi connectivity index (χ1v) is 10.4. The fraction of sp³-hybridized carbons (Fsp3) is 0.154. The molecule has 2 N–H and O–H groups in total. The van der Waals surface area contributed by atoms with Gasteiger partial charge in [0, 0.05) is 11.4 Å². The number of nitrogens with one attached hydrogen (secondary N) is 2. The van der Waals surface area contributed by atoms with Crippen molar-refractivity contribution < 1.29 is 4.79 Å². The molecule has 0 bridgehead atoms. The Kier molecular flexibility index (Phi) is 4.59. The largest absolute Gasteiger partial charge is 0.329 e. The number of aromatic nitrogens is 2. The second-order valence-corrected chi connectivity index (χ2v) is 8.04. The highest BCUT2D eigenvalue weighted by Crippen LogP contribution is 2.39. The number of amides is 1. The third-order valence-corrected chi connectivity index (χ3v) is 5.82. The average molecular weight is 409 g/mol. The molecule has 1 atom stereocenters. The molecule has 5 heteroatoms. The number of anilines is 2. The summed E-state index contributed by atoms with van der Waals surface area (Å²) < 4.78 is 2.12. The maximum absolute atomic E-state index is 13.6. The number of fused-ring (bicyclic) bond motifs is 3. The number of allylic oxidation sites excluding steroid dienone is 1. The lowest BCUT2D eigenvalue weighted by Gasteiger charge is -2.30. The molecular formula is C26H24N4O. The van der Waals surface area contributed by atoms with Crippen LogP contribution in [0.2, 0.25) is 0 Å². The molecule has 5 rings (SSSR count). The summed E-state index contributed by atoms with van der Waals surface area (Å²) >= 11 is 0. The van der Waals surface area contributed by atoms with Crippen LogP contribution in [0.1, 0.15) is 29.7 Å². The van der Waals surface area contributed by atoms with Crippen molar-refractivity contribution in [3.63, 3.8) is 0 Å². The number of para-hydroxylation sites is 2. The highest BCUT2D eigenvalue weighted by molar-refractivity contribution is 6.06. The van der Waals surface area contributed by atoms with E-state index in [2.05, 4.69) is 33.4 Å². The molecule has 0 saturated heterocycles. The lowest BCUT2D eigenvalue weighted by Crippen LogP contribution is -2.31. The summed E-state index contributed by atoms with van der Waals surface area (Å²) in [6, 6.07) is 23.9. The molecule has 0 saturated carbocycles. The van der Waals surface area contributed by atoms with Crippen LogP contribution in [-0.4, -0.2) is 15.5 Å². The third kappa shape index (κ3) is 3.28. The van der Waals surface area contributed by atoms with E-state index in [0.29, 0.717) is 5.57 Å². The van der Waals surface area contributed by atoms with Crippen LogP contribution in [0.4, 0.5) is 11.6 Å². The first-order valence-electron chi connectivity index (χ1n) is 10.4. The van der Waals surface area contributed by atoms with Gasteiger partial charge in [-0.2, -0.15) is 0 Å². The number of rotatable bonds is 3. The zero-order valence-corrected chi connectivity index (χ0v) is 17.8. The summed E-state index contributed by atoms with van der Waals surface area (Å²) in [4.78, 5) is 18.4. The van der Waals surface area contributed by atoms with Crippen LogP contribution in [0, 0.1) is 13.8 Å². The predicted molar refractivity (Wildman–Crippen MR) is 125 cm³/mol. The van der Waals surface area contributed by atoms with E-state index in [0.717, 1.165) is 39.5 Å². The van der Waals surface area contributed by atoms with Gasteiger partial charge in [0.1, 0.15) is 0 Å². The molecule has 2 heterocycles. The molecule has 1 aliphatic rings. The number of benzene rings is 3. The molecule has 0 aliphatic carbocycles. The Balaban J connectivity index is 1.65. The second-order valence-electron chi connectivity index (χ2n) is 8.04. The van der Waals surface area contributed by atoms with E-state index in [1.807, 2.05) is 75.4 Å².